The molecule has 0 saturated heterocycles. The molecule has 0 aliphatic rings. The molecule has 0 bridgehead atoms. The monoisotopic (exact) mass is 267 g/mol. The molecule has 0 spiro atoms. The molecule has 0 aliphatic heterocycles. The Balaban J connectivity index is 2.25. The lowest BCUT2D eigenvalue weighted by Gasteiger charge is -2.13. The van der Waals surface area contributed by atoms with Crippen LogP contribution in [0.5, 0.6) is 5.75 Å². The Labute approximate surface area is 121 Å². The lowest BCUT2D eigenvalue weighted by molar-refractivity contribution is 0.482. The molecule has 0 aliphatic carbocycles. The van der Waals surface area contributed by atoms with Crippen molar-refractivity contribution in [2.24, 2.45) is 0 Å². The molecule has 21 heavy (non-hydrogen) atoms. The fourth-order valence-corrected chi connectivity index (χ4v) is 3.45. The van der Waals surface area contributed by atoms with Crippen molar-refractivity contribution in [3.63, 3.8) is 0 Å². The third-order valence-corrected chi connectivity index (χ3v) is 4.35. The fourth-order valence-electron chi connectivity index (χ4n) is 3.45. The highest BCUT2D eigenvalue weighted by Gasteiger charge is 2.13. The van der Waals surface area contributed by atoms with Crippen LogP contribution in [0.15, 0.2) is 60.7 Å². The molecule has 1 heteroatoms. The Morgan fingerprint density at radius 3 is 2.52 bits per heavy atom. The van der Waals surface area contributed by atoms with Crippen LogP contribution < -0.4 is 0 Å². The van der Waals surface area contributed by atoms with E-state index in [0.29, 0.717) is 5.75 Å². The highest BCUT2D eigenvalue weighted by atomic mass is 16.3. The van der Waals surface area contributed by atoms with E-state index < -0.39 is 0 Å². The van der Waals surface area contributed by atoms with Crippen molar-refractivity contribution < 1.29 is 5.11 Å². The summed E-state index contributed by atoms with van der Waals surface area (Å²) in [5, 5.41) is 19.2. The number of aromatic hydroxyl groups is 1. The first kappa shape index (κ1) is 10.9. The molecule has 0 atom stereocenters. The third-order valence-electron chi connectivity index (χ3n) is 4.35. The number of phenolic OH excluding ortho intramolecular Hbond substituents is 1. The fraction of sp³-hybridized carbons (Fsp3) is 0. The number of phenols is 1. The molecule has 0 amide bonds. The van der Waals surface area contributed by atoms with E-state index in [1.807, 2.05) is 30.3 Å². The maximum atomic E-state index is 10.4. The summed E-state index contributed by atoms with van der Waals surface area (Å²) in [5.41, 5.74) is 0. The lowest BCUT2D eigenvalue weighted by Crippen LogP contribution is -1.86. The molecule has 1 nitrogen and oxygen atoms in total. The normalized spacial score (nSPS) is 12.0. The van der Waals surface area contributed by atoms with Gasteiger partial charge in [-0.05, 0) is 38.4 Å². The van der Waals surface area contributed by atoms with Gasteiger partial charge in [-0.25, -0.2) is 0 Å². The summed E-state index contributed by atoms with van der Waals surface area (Å²) in [5.74, 6) is 0.303. The second-order valence-electron chi connectivity index (χ2n) is 5.51. The van der Waals surface area contributed by atoms with Gasteiger partial charge in [0.1, 0.15) is 5.75 Å². The van der Waals surface area contributed by atoms with Crippen LogP contribution in [0.3, 0.4) is 0 Å². The highest BCUT2D eigenvalue weighted by Crippen LogP contribution is 2.41. The second kappa shape index (κ2) is 3.64. The third kappa shape index (κ3) is 1.30. The molecule has 1 radical (unpaired) electrons. The van der Waals surface area contributed by atoms with E-state index in [9.17, 15) is 5.11 Å². The maximum Gasteiger partial charge on any atom is 0.124 e. The minimum absolute atomic E-state index is 0.303. The lowest BCUT2D eigenvalue weighted by atomic mass is 9.90. The van der Waals surface area contributed by atoms with E-state index in [2.05, 4.69) is 36.4 Å². The molecule has 5 aromatic carbocycles. The smallest absolute Gasteiger partial charge is 0.124 e. The van der Waals surface area contributed by atoms with Gasteiger partial charge in [0.05, 0.1) is 0 Å². The van der Waals surface area contributed by atoms with Gasteiger partial charge in [0.2, 0.25) is 0 Å². The van der Waals surface area contributed by atoms with Crippen molar-refractivity contribution in [3.8, 4) is 5.75 Å². The molecule has 0 heterocycles. The van der Waals surface area contributed by atoms with Crippen LogP contribution in [-0.2, 0) is 0 Å². The molecule has 97 valence electrons. The minimum Gasteiger partial charge on any atom is -0.507 e. The van der Waals surface area contributed by atoms with E-state index in [1.54, 1.807) is 0 Å². The average molecular weight is 267 g/mol. The molecular weight excluding hydrogens is 256 g/mol. The quantitative estimate of drug-likeness (QED) is 0.300. The number of hydrogen-bond donors (Lipinski definition) is 1. The molecule has 5 rings (SSSR count). The summed E-state index contributed by atoms with van der Waals surface area (Å²) >= 11 is 0. The predicted octanol–water partition coefficient (Wildman–Crippen LogP) is 5.24. The highest BCUT2D eigenvalue weighted by molar-refractivity contribution is 6.29. The summed E-state index contributed by atoms with van der Waals surface area (Å²) in [6, 6.07) is 24.0. The van der Waals surface area contributed by atoms with Gasteiger partial charge in [-0.1, -0.05) is 54.6 Å². The summed E-state index contributed by atoms with van der Waals surface area (Å²) < 4.78 is 0. The van der Waals surface area contributed by atoms with Crippen LogP contribution in [0.2, 0.25) is 0 Å². The largest absolute Gasteiger partial charge is 0.507 e. The second-order valence-corrected chi connectivity index (χ2v) is 5.51. The predicted molar refractivity (Wildman–Crippen MR) is 88.2 cm³/mol. The maximum absolute atomic E-state index is 10.4. The molecule has 0 fully saturated rings. The zero-order valence-corrected chi connectivity index (χ0v) is 11.2. The van der Waals surface area contributed by atoms with Crippen molar-refractivity contribution in [2.45, 2.75) is 0 Å². The van der Waals surface area contributed by atoms with Crippen LogP contribution in [-0.4, -0.2) is 5.11 Å². The van der Waals surface area contributed by atoms with Crippen LogP contribution in [0.4, 0.5) is 0 Å². The van der Waals surface area contributed by atoms with E-state index in [0.717, 1.165) is 21.5 Å². The Kier molecular flexibility index (Phi) is 1.90. The van der Waals surface area contributed by atoms with Gasteiger partial charge in [0, 0.05) is 16.8 Å². The average Bonchev–Trinajstić information content (AvgIpc) is 2.53. The first-order valence-corrected chi connectivity index (χ1v) is 7.03. The van der Waals surface area contributed by atoms with E-state index in [1.165, 1.54) is 21.5 Å². The topological polar surface area (TPSA) is 20.2 Å². The standard InChI is InChI=1S/C20H11O/c21-18-11-14-6-3-5-12-8-9-16-15-7-2-1-4-13(15)10-17(18)20(16)19(12)14/h1-9,11,21H. The van der Waals surface area contributed by atoms with Gasteiger partial charge in [0.25, 0.3) is 0 Å². The summed E-state index contributed by atoms with van der Waals surface area (Å²) in [7, 11) is 0. The van der Waals surface area contributed by atoms with Crippen molar-refractivity contribution in [1.29, 1.82) is 0 Å². The Hall–Kier alpha value is -2.80. The van der Waals surface area contributed by atoms with Gasteiger partial charge in [-0.2, -0.15) is 0 Å². The van der Waals surface area contributed by atoms with Gasteiger partial charge in [-0.15, -0.1) is 0 Å². The van der Waals surface area contributed by atoms with Crippen molar-refractivity contribution in [2.75, 3.05) is 0 Å². The van der Waals surface area contributed by atoms with E-state index in [-0.39, 0.29) is 0 Å². The van der Waals surface area contributed by atoms with Crippen LogP contribution in [0.1, 0.15) is 0 Å². The minimum atomic E-state index is 0.303. The Bertz CT molecular complexity index is 1140. The van der Waals surface area contributed by atoms with Crippen LogP contribution in [0, 0.1) is 6.07 Å². The number of rotatable bonds is 0. The Morgan fingerprint density at radius 2 is 1.57 bits per heavy atom. The van der Waals surface area contributed by atoms with Gasteiger partial charge in [-0.3, -0.25) is 0 Å². The zero-order chi connectivity index (χ0) is 14.0. The number of fused-ring (bicyclic) bond motifs is 2. The molecular formula is C20H11O. The van der Waals surface area contributed by atoms with Gasteiger partial charge < -0.3 is 5.11 Å². The SMILES string of the molecule is Oc1cc2cccc3ccc4c5ccccc5[c]c1c4c32. The molecule has 0 unspecified atom stereocenters. The van der Waals surface area contributed by atoms with E-state index in [4.69, 9.17) is 0 Å². The van der Waals surface area contributed by atoms with Crippen LogP contribution >= 0.6 is 0 Å². The first-order chi connectivity index (χ1) is 10.3. The molecule has 1 N–H and O–H groups in total. The van der Waals surface area contributed by atoms with Crippen molar-refractivity contribution in [3.05, 3.63) is 66.7 Å². The molecule has 5 aromatic rings. The van der Waals surface area contributed by atoms with E-state index >= 15 is 0 Å². The Morgan fingerprint density at radius 1 is 0.714 bits per heavy atom. The van der Waals surface area contributed by atoms with Crippen molar-refractivity contribution in [1.82, 2.24) is 0 Å². The number of benzene rings is 5. The van der Waals surface area contributed by atoms with Gasteiger partial charge in [0.15, 0.2) is 0 Å². The van der Waals surface area contributed by atoms with Crippen molar-refractivity contribution >= 4 is 43.1 Å². The summed E-state index contributed by atoms with van der Waals surface area (Å²) in [6.45, 7) is 0. The molecule has 0 aromatic heterocycles. The molecule has 0 saturated carbocycles. The van der Waals surface area contributed by atoms with Gasteiger partial charge >= 0.3 is 0 Å². The summed E-state index contributed by atoms with van der Waals surface area (Å²) in [4.78, 5) is 0. The first-order valence-electron chi connectivity index (χ1n) is 7.03. The number of hydrogen-bond acceptors (Lipinski definition) is 1. The summed E-state index contributed by atoms with van der Waals surface area (Å²) in [6.07, 6.45) is 0. The zero-order valence-electron chi connectivity index (χ0n) is 11.2. The van der Waals surface area contributed by atoms with Crippen LogP contribution in [0.25, 0.3) is 43.1 Å².